The Labute approximate surface area is 133 Å². The average molecular weight is 319 g/mol. The van der Waals surface area contributed by atoms with Gasteiger partial charge < -0.3 is 5.32 Å². The van der Waals surface area contributed by atoms with Crippen molar-refractivity contribution in [3.05, 3.63) is 34.0 Å². The van der Waals surface area contributed by atoms with E-state index in [1.54, 1.807) is 11.7 Å². The molecule has 2 N–H and O–H groups in total. The maximum absolute atomic E-state index is 11.9. The van der Waals surface area contributed by atoms with Gasteiger partial charge in [-0.25, -0.2) is 0 Å². The summed E-state index contributed by atoms with van der Waals surface area (Å²) in [7, 11) is 0. The van der Waals surface area contributed by atoms with Crippen molar-refractivity contribution in [3.63, 3.8) is 0 Å². The third-order valence-electron chi connectivity index (χ3n) is 4.06. The van der Waals surface area contributed by atoms with Crippen LogP contribution in [0.25, 0.3) is 0 Å². The molecule has 0 spiro atoms. The number of nitrogens with one attached hydrogen (secondary N) is 2. The van der Waals surface area contributed by atoms with Crippen molar-refractivity contribution in [2.45, 2.75) is 26.3 Å². The van der Waals surface area contributed by atoms with Crippen LogP contribution in [0.4, 0.5) is 0 Å². The van der Waals surface area contributed by atoms with Crippen LogP contribution in [-0.2, 0) is 6.54 Å². The van der Waals surface area contributed by atoms with Gasteiger partial charge in [-0.2, -0.15) is 5.10 Å². The van der Waals surface area contributed by atoms with Crippen molar-refractivity contribution in [3.8, 4) is 0 Å². The van der Waals surface area contributed by atoms with E-state index in [1.807, 2.05) is 6.92 Å². The SMILES string of the molecule is Cc1cc(CN2CCC(CNC(=O)c3cncs3)CC2)n[nH]1. The molecule has 3 rings (SSSR count). The Morgan fingerprint density at radius 1 is 1.50 bits per heavy atom. The van der Waals surface area contributed by atoms with Gasteiger partial charge in [0.2, 0.25) is 0 Å². The van der Waals surface area contributed by atoms with Crippen LogP contribution in [0.2, 0.25) is 0 Å². The third kappa shape index (κ3) is 3.92. The van der Waals surface area contributed by atoms with E-state index in [2.05, 4.69) is 31.5 Å². The molecule has 3 heterocycles. The van der Waals surface area contributed by atoms with Crippen LogP contribution >= 0.6 is 11.3 Å². The van der Waals surface area contributed by atoms with E-state index in [0.717, 1.165) is 50.4 Å². The molecule has 118 valence electrons. The number of hydrogen-bond donors (Lipinski definition) is 2. The van der Waals surface area contributed by atoms with Crippen molar-refractivity contribution in [2.75, 3.05) is 19.6 Å². The maximum Gasteiger partial charge on any atom is 0.263 e. The first-order valence-electron chi connectivity index (χ1n) is 7.60. The minimum atomic E-state index is -0.00284. The first-order valence-corrected chi connectivity index (χ1v) is 8.48. The van der Waals surface area contributed by atoms with Crippen LogP contribution in [0, 0.1) is 12.8 Å². The Morgan fingerprint density at radius 2 is 2.32 bits per heavy atom. The second-order valence-electron chi connectivity index (χ2n) is 5.84. The van der Waals surface area contributed by atoms with Crippen molar-refractivity contribution < 1.29 is 4.79 Å². The molecule has 0 saturated carbocycles. The molecular weight excluding hydrogens is 298 g/mol. The summed E-state index contributed by atoms with van der Waals surface area (Å²) in [5, 5.41) is 10.3. The summed E-state index contributed by atoms with van der Waals surface area (Å²) < 4.78 is 0. The summed E-state index contributed by atoms with van der Waals surface area (Å²) in [5.41, 5.74) is 3.90. The van der Waals surface area contributed by atoms with Gasteiger partial charge in [0, 0.05) is 18.8 Å². The number of aromatic amines is 1. The Balaban J connectivity index is 1.39. The molecule has 0 aromatic carbocycles. The number of hydrogen-bond acceptors (Lipinski definition) is 5. The van der Waals surface area contributed by atoms with E-state index in [-0.39, 0.29) is 5.91 Å². The highest BCUT2D eigenvalue weighted by Crippen LogP contribution is 2.18. The number of nitrogens with zero attached hydrogens (tertiary/aromatic N) is 3. The lowest BCUT2D eigenvalue weighted by Gasteiger charge is -2.31. The van der Waals surface area contributed by atoms with Crippen molar-refractivity contribution in [1.82, 2.24) is 25.4 Å². The van der Waals surface area contributed by atoms with E-state index in [9.17, 15) is 4.79 Å². The highest BCUT2D eigenvalue weighted by molar-refractivity contribution is 7.11. The molecule has 1 aliphatic heterocycles. The molecule has 0 bridgehead atoms. The molecular formula is C15H21N5OS. The zero-order valence-electron chi connectivity index (χ0n) is 12.7. The van der Waals surface area contributed by atoms with Gasteiger partial charge in [0.05, 0.1) is 17.4 Å². The standard InChI is InChI=1S/C15H21N5OS/c1-11-6-13(19-18-11)9-20-4-2-12(3-5-20)7-17-15(21)14-8-16-10-22-14/h6,8,10,12H,2-5,7,9H2,1H3,(H,17,21)(H,18,19). The lowest BCUT2D eigenvalue weighted by Crippen LogP contribution is -2.38. The molecule has 1 amide bonds. The molecule has 22 heavy (non-hydrogen) atoms. The molecule has 0 unspecified atom stereocenters. The van der Waals surface area contributed by atoms with E-state index < -0.39 is 0 Å². The fourth-order valence-electron chi connectivity index (χ4n) is 2.79. The average Bonchev–Trinajstić information content (AvgIpc) is 3.18. The zero-order valence-corrected chi connectivity index (χ0v) is 13.5. The molecule has 2 aromatic rings. The number of likely N-dealkylation sites (tertiary alicyclic amines) is 1. The molecule has 1 saturated heterocycles. The van der Waals surface area contributed by atoms with Crippen molar-refractivity contribution >= 4 is 17.2 Å². The van der Waals surface area contributed by atoms with Gasteiger partial charge in [0.15, 0.2) is 0 Å². The molecule has 0 radical (unpaired) electrons. The van der Waals surface area contributed by atoms with Gasteiger partial charge in [0.25, 0.3) is 5.91 Å². The largest absolute Gasteiger partial charge is 0.351 e. The first kappa shape index (κ1) is 15.2. The van der Waals surface area contributed by atoms with Gasteiger partial charge in [-0.15, -0.1) is 11.3 Å². The van der Waals surface area contributed by atoms with Gasteiger partial charge in [0.1, 0.15) is 4.88 Å². The number of carbonyl (C=O) groups excluding carboxylic acids is 1. The topological polar surface area (TPSA) is 73.9 Å². The van der Waals surface area contributed by atoms with Crippen LogP contribution in [0.1, 0.15) is 33.9 Å². The summed E-state index contributed by atoms with van der Waals surface area (Å²) in [4.78, 5) is 18.9. The molecule has 0 atom stereocenters. The highest BCUT2D eigenvalue weighted by atomic mass is 32.1. The number of H-pyrrole nitrogens is 1. The summed E-state index contributed by atoms with van der Waals surface area (Å²) >= 11 is 1.38. The van der Waals surface area contributed by atoms with Crippen LogP contribution in [0.15, 0.2) is 17.8 Å². The van der Waals surface area contributed by atoms with Gasteiger partial charge in [-0.1, -0.05) is 0 Å². The predicted octanol–water partition coefficient (Wildman–Crippen LogP) is 1.82. The Hall–Kier alpha value is -1.73. The fraction of sp³-hybridized carbons (Fsp3) is 0.533. The normalized spacial score (nSPS) is 16.8. The second-order valence-corrected chi connectivity index (χ2v) is 6.72. The Bertz CT molecular complexity index is 601. The minimum absolute atomic E-state index is 0.00284. The van der Waals surface area contributed by atoms with Gasteiger partial charge in [-0.05, 0) is 44.8 Å². The third-order valence-corrected chi connectivity index (χ3v) is 4.83. The van der Waals surface area contributed by atoms with Crippen LogP contribution < -0.4 is 5.32 Å². The number of piperidine rings is 1. The van der Waals surface area contributed by atoms with Crippen molar-refractivity contribution in [1.29, 1.82) is 0 Å². The van der Waals surface area contributed by atoms with Crippen molar-refractivity contribution in [2.24, 2.45) is 5.92 Å². The predicted molar refractivity (Wildman–Crippen MR) is 85.8 cm³/mol. The second kappa shape index (κ2) is 7.02. The first-order chi connectivity index (χ1) is 10.7. The number of thiazole rings is 1. The van der Waals surface area contributed by atoms with Gasteiger partial charge in [-0.3, -0.25) is 19.8 Å². The zero-order chi connectivity index (χ0) is 15.4. The summed E-state index contributed by atoms with van der Waals surface area (Å²) in [6.45, 7) is 5.81. The van der Waals surface area contributed by atoms with E-state index in [4.69, 9.17) is 0 Å². The molecule has 7 heteroatoms. The van der Waals surface area contributed by atoms with E-state index in [0.29, 0.717) is 10.8 Å². The van der Waals surface area contributed by atoms with E-state index >= 15 is 0 Å². The molecule has 1 aliphatic rings. The quantitative estimate of drug-likeness (QED) is 0.881. The van der Waals surface area contributed by atoms with Crippen LogP contribution in [0.3, 0.4) is 0 Å². The molecule has 2 aromatic heterocycles. The number of carbonyl (C=O) groups is 1. The minimum Gasteiger partial charge on any atom is -0.351 e. The lowest BCUT2D eigenvalue weighted by molar-refractivity contribution is 0.0939. The lowest BCUT2D eigenvalue weighted by atomic mass is 9.96. The summed E-state index contributed by atoms with van der Waals surface area (Å²) in [5.74, 6) is 0.561. The smallest absolute Gasteiger partial charge is 0.263 e. The van der Waals surface area contributed by atoms with Crippen LogP contribution in [-0.4, -0.2) is 45.6 Å². The Kier molecular flexibility index (Phi) is 4.84. The fourth-order valence-corrected chi connectivity index (χ4v) is 3.32. The maximum atomic E-state index is 11.9. The number of aryl methyl sites for hydroxylation is 1. The number of rotatable bonds is 5. The highest BCUT2D eigenvalue weighted by Gasteiger charge is 2.20. The molecule has 6 nitrogen and oxygen atoms in total. The number of amides is 1. The summed E-state index contributed by atoms with van der Waals surface area (Å²) in [6.07, 6.45) is 3.85. The molecule has 1 fully saturated rings. The van der Waals surface area contributed by atoms with Gasteiger partial charge >= 0.3 is 0 Å². The van der Waals surface area contributed by atoms with Crippen LogP contribution in [0.5, 0.6) is 0 Å². The monoisotopic (exact) mass is 319 g/mol. The Morgan fingerprint density at radius 3 is 2.95 bits per heavy atom. The van der Waals surface area contributed by atoms with E-state index in [1.165, 1.54) is 11.3 Å². The number of aromatic nitrogens is 3. The molecule has 0 aliphatic carbocycles. The summed E-state index contributed by atoms with van der Waals surface area (Å²) in [6, 6.07) is 2.10.